The first-order chi connectivity index (χ1) is 7.11. The number of methoxy groups -OCH3 is 2. The predicted molar refractivity (Wildman–Crippen MR) is 50.8 cm³/mol. The summed E-state index contributed by atoms with van der Waals surface area (Å²) < 4.78 is 9.12. The van der Waals surface area contributed by atoms with E-state index in [1.54, 1.807) is 6.08 Å². The first-order valence-electron chi connectivity index (χ1n) is 4.62. The van der Waals surface area contributed by atoms with Crippen LogP contribution in [0, 0.1) is 11.8 Å². The van der Waals surface area contributed by atoms with E-state index in [-0.39, 0.29) is 0 Å². The number of aliphatic hydroxyl groups excluding tert-OH is 1. The van der Waals surface area contributed by atoms with Crippen molar-refractivity contribution in [3.63, 3.8) is 0 Å². The summed E-state index contributed by atoms with van der Waals surface area (Å²) in [7, 11) is 2.48. The molecule has 5 nitrogen and oxygen atoms in total. The zero-order valence-electron chi connectivity index (χ0n) is 8.67. The number of hydrogen-bond donors (Lipinski definition) is 1. The fourth-order valence-corrected chi connectivity index (χ4v) is 1.70. The van der Waals surface area contributed by atoms with Crippen LogP contribution in [0.2, 0.25) is 0 Å². The highest BCUT2D eigenvalue weighted by molar-refractivity contribution is 5.83. The summed E-state index contributed by atoms with van der Waals surface area (Å²) in [6.07, 6.45) is 2.53. The van der Waals surface area contributed by atoms with Crippen molar-refractivity contribution >= 4 is 11.9 Å². The Morgan fingerprint density at radius 2 is 1.87 bits per heavy atom. The Kier molecular flexibility index (Phi) is 3.85. The average Bonchev–Trinajstić information content (AvgIpc) is 2.26. The molecule has 0 aromatic carbocycles. The van der Waals surface area contributed by atoms with Crippen molar-refractivity contribution < 1.29 is 24.2 Å². The van der Waals surface area contributed by atoms with Crippen molar-refractivity contribution in [2.75, 3.05) is 14.2 Å². The number of esters is 2. The molecule has 0 fully saturated rings. The van der Waals surface area contributed by atoms with Crippen LogP contribution in [0.1, 0.15) is 6.42 Å². The quantitative estimate of drug-likeness (QED) is 0.512. The molecule has 0 spiro atoms. The standard InChI is InChI=1S/C10H14O5/c1-14-9(12)6-4-3-5-7(11)8(6)10(13)15-2/h3,5-8,11H,4H2,1-2H3/t6-,7-,8+/m1/s1. The molecule has 1 aliphatic carbocycles. The average molecular weight is 214 g/mol. The van der Waals surface area contributed by atoms with Gasteiger partial charge in [-0.2, -0.15) is 0 Å². The van der Waals surface area contributed by atoms with Crippen LogP contribution in [-0.4, -0.2) is 37.4 Å². The van der Waals surface area contributed by atoms with Crippen molar-refractivity contribution in [1.29, 1.82) is 0 Å². The van der Waals surface area contributed by atoms with Gasteiger partial charge in [0.15, 0.2) is 0 Å². The summed E-state index contributed by atoms with van der Waals surface area (Å²) in [6.45, 7) is 0. The Morgan fingerprint density at radius 3 is 2.40 bits per heavy atom. The summed E-state index contributed by atoms with van der Waals surface area (Å²) in [6, 6.07) is 0. The van der Waals surface area contributed by atoms with Gasteiger partial charge >= 0.3 is 11.9 Å². The van der Waals surface area contributed by atoms with Gasteiger partial charge in [0.2, 0.25) is 0 Å². The maximum Gasteiger partial charge on any atom is 0.312 e. The molecule has 0 aromatic rings. The van der Waals surface area contributed by atoms with Crippen molar-refractivity contribution in [2.24, 2.45) is 11.8 Å². The second-order valence-corrected chi connectivity index (χ2v) is 3.33. The molecule has 0 unspecified atom stereocenters. The molecule has 3 atom stereocenters. The molecule has 1 rings (SSSR count). The number of rotatable bonds is 2. The van der Waals surface area contributed by atoms with E-state index in [0.29, 0.717) is 6.42 Å². The largest absolute Gasteiger partial charge is 0.469 e. The molecule has 0 saturated heterocycles. The Balaban J connectivity index is 2.89. The molecule has 0 amide bonds. The maximum absolute atomic E-state index is 11.4. The molecule has 15 heavy (non-hydrogen) atoms. The predicted octanol–water partition coefficient (Wildman–Crippen LogP) is -0.114. The summed E-state index contributed by atoms with van der Waals surface area (Å²) >= 11 is 0. The lowest BCUT2D eigenvalue weighted by molar-refractivity contribution is -0.161. The van der Waals surface area contributed by atoms with Crippen LogP contribution in [0.15, 0.2) is 12.2 Å². The van der Waals surface area contributed by atoms with Crippen LogP contribution in [-0.2, 0) is 19.1 Å². The van der Waals surface area contributed by atoms with E-state index >= 15 is 0 Å². The zero-order chi connectivity index (χ0) is 11.4. The molecule has 1 aliphatic rings. The Morgan fingerprint density at radius 1 is 1.27 bits per heavy atom. The molecule has 0 radical (unpaired) electrons. The van der Waals surface area contributed by atoms with Gasteiger partial charge in [-0.1, -0.05) is 12.2 Å². The van der Waals surface area contributed by atoms with Crippen LogP contribution < -0.4 is 0 Å². The lowest BCUT2D eigenvalue weighted by Gasteiger charge is -2.27. The third-order valence-corrected chi connectivity index (χ3v) is 2.50. The molecule has 5 heteroatoms. The third-order valence-electron chi connectivity index (χ3n) is 2.50. The van der Waals surface area contributed by atoms with Crippen LogP contribution >= 0.6 is 0 Å². The minimum absolute atomic E-state index is 0.378. The molecule has 0 bridgehead atoms. The third kappa shape index (κ3) is 2.36. The maximum atomic E-state index is 11.4. The Hall–Kier alpha value is -1.36. The molecule has 1 N–H and O–H groups in total. The van der Waals surface area contributed by atoms with Gasteiger partial charge in [-0.15, -0.1) is 0 Å². The van der Waals surface area contributed by atoms with Crippen molar-refractivity contribution in [3.05, 3.63) is 12.2 Å². The lowest BCUT2D eigenvalue weighted by atomic mass is 9.81. The Labute approximate surface area is 87.7 Å². The van der Waals surface area contributed by atoms with Gasteiger partial charge in [0, 0.05) is 0 Å². The molecule has 84 valence electrons. The lowest BCUT2D eigenvalue weighted by Crippen LogP contribution is -2.40. The zero-order valence-corrected chi connectivity index (χ0v) is 8.67. The van der Waals surface area contributed by atoms with E-state index in [4.69, 9.17) is 0 Å². The molecule has 0 heterocycles. The normalized spacial score (nSPS) is 29.7. The molecular formula is C10H14O5. The fourth-order valence-electron chi connectivity index (χ4n) is 1.70. The Bertz CT molecular complexity index is 284. The van der Waals surface area contributed by atoms with Gasteiger partial charge in [-0.3, -0.25) is 9.59 Å². The second-order valence-electron chi connectivity index (χ2n) is 3.33. The first-order valence-corrected chi connectivity index (χ1v) is 4.62. The van der Waals surface area contributed by atoms with E-state index < -0.39 is 29.9 Å². The van der Waals surface area contributed by atoms with Gasteiger partial charge in [-0.05, 0) is 6.42 Å². The topological polar surface area (TPSA) is 72.8 Å². The number of allylic oxidation sites excluding steroid dienone is 1. The minimum Gasteiger partial charge on any atom is -0.469 e. The minimum atomic E-state index is -0.990. The number of aliphatic hydroxyl groups is 1. The van der Waals surface area contributed by atoms with Gasteiger partial charge in [0.25, 0.3) is 0 Å². The van der Waals surface area contributed by atoms with E-state index in [1.807, 2.05) is 0 Å². The summed E-state index contributed by atoms with van der Waals surface area (Å²) in [5.74, 6) is -2.63. The van der Waals surface area contributed by atoms with Crippen LogP contribution in [0.4, 0.5) is 0 Å². The highest BCUT2D eigenvalue weighted by Crippen LogP contribution is 2.28. The second kappa shape index (κ2) is 4.93. The number of carbonyl (C=O) groups excluding carboxylic acids is 2. The van der Waals surface area contributed by atoms with Crippen LogP contribution in [0.25, 0.3) is 0 Å². The SMILES string of the molecule is COC(=O)[C@@H]1[C@H](O)C=CC[C@H]1C(=O)OC. The van der Waals surface area contributed by atoms with E-state index in [9.17, 15) is 14.7 Å². The molecule has 0 aromatic heterocycles. The van der Waals surface area contributed by atoms with Crippen molar-refractivity contribution in [2.45, 2.75) is 12.5 Å². The number of ether oxygens (including phenoxy) is 2. The van der Waals surface area contributed by atoms with Gasteiger partial charge in [-0.25, -0.2) is 0 Å². The smallest absolute Gasteiger partial charge is 0.312 e. The molecule has 0 saturated carbocycles. The van der Waals surface area contributed by atoms with Gasteiger partial charge in [0.1, 0.15) is 0 Å². The van der Waals surface area contributed by atoms with Gasteiger partial charge in [0.05, 0.1) is 32.2 Å². The van der Waals surface area contributed by atoms with Crippen molar-refractivity contribution in [1.82, 2.24) is 0 Å². The van der Waals surface area contributed by atoms with Crippen LogP contribution in [0.3, 0.4) is 0 Å². The van der Waals surface area contributed by atoms with E-state index in [0.717, 1.165) is 0 Å². The summed E-state index contributed by atoms with van der Waals surface area (Å²) in [5, 5.41) is 9.59. The van der Waals surface area contributed by atoms with Crippen molar-refractivity contribution in [3.8, 4) is 0 Å². The van der Waals surface area contributed by atoms with Gasteiger partial charge < -0.3 is 14.6 Å². The molecule has 0 aliphatic heterocycles. The molecular weight excluding hydrogens is 200 g/mol. The van der Waals surface area contributed by atoms with E-state index in [1.165, 1.54) is 20.3 Å². The number of carbonyl (C=O) groups is 2. The summed E-state index contributed by atoms with van der Waals surface area (Å²) in [4.78, 5) is 22.8. The monoisotopic (exact) mass is 214 g/mol. The first kappa shape index (κ1) is 11.7. The number of hydrogen-bond acceptors (Lipinski definition) is 5. The summed E-state index contributed by atoms with van der Waals surface area (Å²) in [5.41, 5.74) is 0. The highest BCUT2D eigenvalue weighted by atomic mass is 16.5. The highest BCUT2D eigenvalue weighted by Gasteiger charge is 2.40. The van der Waals surface area contributed by atoms with E-state index in [2.05, 4.69) is 9.47 Å². The fraction of sp³-hybridized carbons (Fsp3) is 0.600. The van der Waals surface area contributed by atoms with Crippen LogP contribution in [0.5, 0.6) is 0 Å².